The third-order valence-electron chi connectivity index (χ3n) is 3.50. The van der Waals surface area contributed by atoms with Gasteiger partial charge in [0, 0.05) is 28.9 Å². The smallest absolute Gasteiger partial charge is 0.255 e. The highest BCUT2D eigenvalue weighted by molar-refractivity contribution is 7.13. The van der Waals surface area contributed by atoms with Crippen LogP contribution in [0.5, 0.6) is 0 Å². The lowest BCUT2D eigenvalue weighted by Gasteiger charge is -2.06. The molecule has 25 heavy (non-hydrogen) atoms. The summed E-state index contributed by atoms with van der Waals surface area (Å²) >= 11 is 13.3. The van der Waals surface area contributed by atoms with Crippen molar-refractivity contribution in [2.75, 3.05) is 6.54 Å². The van der Waals surface area contributed by atoms with Crippen molar-refractivity contribution in [2.24, 2.45) is 0 Å². The van der Waals surface area contributed by atoms with E-state index in [9.17, 15) is 9.18 Å². The lowest BCUT2D eigenvalue weighted by molar-refractivity contribution is 0.0950. The second-order valence-corrected chi connectivity index (χ2v) is 6.96. The highest BCUT2D eigenvalue weighted by atomic mass is 35.5. The van der Waals surface area contributed by atoms with Gasteiger partial charge in [-0.2, -0.15) is 0 Å². The van der Waals surface area contributed by atoms with Crippen molar-refractivity contribution >= 4 is 40.4 Å². The molecule has 1 amide bonds. The molecule has 0 atom stereocenters. The summed E-state index contributed by atoms with van der Waals surface area (Å²) in [5, 5.41) is 6.26. The third-order valence-corrected chi connectivity index (χ3v) is 5.01. The van der Waals surface area contributed by atoms with E-state index in [4.69, 9.17) is 23.2 Å². The molecule has 1 aromatic heterocycles. The van der Waals surface area contributed by atoms with Crippen LogP contribution >= 0.6 is 34.5 Å². The van der Waals surface area contributed by atoms with E-state index in [0.29, 0.717) is 18.0 Å². The van der Waals surface area contributed by atoms with Crippen LogP contribution in [0.1, 0.15) is 16.1 Å². The molecule has 0 saturated heterocycles. The Hall–Kier alpha value is -1.95. The van der Waals surface area contributed by atoms with Crippen molar-refractivity contribution in [3.63, 3.8) is 0 Å². The first kappa shape index (κ1) is 17.9. The Morgan fingerprint density at radius 2 is 1.92 bits per heavy atom. The molecule has 3 aromatic rings. The Morgan fingerprint density at radius 3 is 2.64 bits per heavy atom. The minimum absolute atomic E-state index is 0.0937. The molecule has 128 valence electrons. The first-order chi connectivity index (χ1) is 12.0. The van der Waals surface area contributed by atoms with Gasteiger partial charge >= 0.3 is 0 Å². The Labute approximate surface area is 158 Å². The molecule has 1 N–H and O–H groups in total. The maximum absolute atomic E-state index is 13.7. The molecule has 3 rings (SSSR count). The second-order valence-electron chi connectivity index (χ2n) is 5.25. The first-order valence-electron chi connectivity index (χ1n) is 7.47. The van der Waals surface area contributed by atoms with Crippen molar-refractivity contribution in [1.29, 1.82) is 0 Å². The molecule has 1 heterocycles. The van der Waals surface area contributed by atoms with Gasteiger partial charge in [0.25, 0.3) is 5.91 Å². The Bertz CT molecular complexity index is 876. The van der Waals surface area contributed by atoms with Crippen LogP contribution in [0.3, 0.4) is 0 Å². The molecule has 0 spiro atoms. The molecule has 0 saturated carbocycles. The highest BCUT2D eigenvalue weighted by Gasteiger charge is 2.15. The van der Waals surface area contributed by atoms with E-state index >= 15 is 0 Å². The number of carbonyl (C=O) groups is 1. The van der Waals surface area contributed by atoms with E-state index < -0.39 is 11.7 Å². The fraction of sp³-hybridized carbons (Fsp3) is 0.111. The molecular formula is C18H13Cl2FN2OS. The molecule has 0 aliphatic carbocycles. The average molecular weight is 395 g/mol. The lowest BCUT2D eigenvalue weighted by atomic mass is 10.2. The van der Waals surface area contributed by atoms with Gasteiger partial charge in [0.05, 0.1) is 16.3 Å². The van der Waals surface area contributed by atoms with Crippen LogP contribution in [-0.4, -0.2) is 17.4 Å². The summed E-state index contributed by atoms with van der Waals surface area (Å²) in [6, 6.07) is 11.6. The van der Waals surface area contributed by atoms with Gasteiger partial charge in [-0.3, -0.25) is 4.79 Å². The number of amides is 1. The van der Waals surface area contributed by atoms with E-state index in [1.54, 1.807) is 0 Å². The van der Waals surface area contributed by atoms with E-state index in [1.807, 2.05) is 29.6 Å². The summed E-state index contributed by atoms with van der Waals surface area (Å²) in [4.78, 5) is 16.6. The molecule has 0 fully saturated rings. The van der Waals surface area contributed by atoms with Crippen molar-refractivity contribution in [2.45, 2.75) is 6.42 Å². The summed E-state index contributed by atoms with van der Waals surface area (Å²) in [6.07, 6.45) is 0.544. The normalized spacial score (nSPS) is 10.7. The zero-order valence-corrected chi connectivity index (χ0v) is 15.3. The predicted octanol–water partition coefficient (Wildman–Crippen LogP) is 5.23. The van der Waals surface area contributed by atoms with Crippen molar-refractivity contribution in [3.8, 4) is 10.6 Å². The van der Waals surface area contributed by atoms with Crippen molar-refractivity contribution in [3.05, 3.63) is 75.0 Å². The zero-order valence-electron chi connectivity index (χ0n) is 12.9. The fourth-order valence-electron chi connectivity index (χ4n) is 2.25. The van der Waals surface area contributed by atoms with Gasteiger partial charge in [0.1, 0.15) is 10.8 Å². The molecule has 7 heteroatoms. The number of carbonyl (C=O) groups excluding carboxylic acids is 1. The number of nitrogens with one attached hydrogen (secondary N) is 1. The SMILES string of the molecule is O=C(NCCc1csc(-c2ccc(Cl)cc2)n1)c1c(F)cccc1Cl. The number of hydrogen-bond donors (Lipinski definition) is 1. The molecular weight excluding hydrogens is 382 g/mol. The quantitative estimate of drug-likeness (QED) is 0.643. The number of thiazole rings is 1. The molecule has 0 unspecified atom stereocenters. The maximum Gasteiger partial charge on any atom is 0.255 e. The Kier molecular flexibility index (Phi) is 5.68. The van der Waals surface area contributed by atoms with Gasteiger partial charge < -0.3 is 5.32 Å². The Morgan fingerprint density at radius 1 is 1.16 bits per heavy atom. The van der Waals surface area contributed by atoms with E-state index in [-0.39, 0.29) is 10.6 Å². The summed E-state index contributed by atoms with van der Waals surface area (Å²) in [5.74, 6) is -1.17. The lowest BCUT2D eigenvalue weighted by Crippen LogP contribution is -2.27. The molecule has 0 radical (unpaired) electrons. The largest absolute Gasteiger partial charge is 0.352 e. The molecule has 0 bridgehead atoms. The van der Waals surface area contributed by atoms with Crippen LogP contribution in [0.2, 0.25) is 10.0 Å². The molecule has 0 aliphatic heterocycles. The summed E-state index contributed by atoms with van der Waals surface area (Å²) in [6.45, 7) is 0.341. The summed E-state index contributed by atoms with van der Waals surface area (Å²) < 4.78 is 13.7. The minimum atomic E-state index is -0.635. The van der Waals surface area contributed by atoms with Crippen LogP contribution in [-0.2, 0) is 6.42 Å². The standard InChI is InChI=1S/C18H13Cl2FN2OS/c19-12-6-4-11(5-7-12)18-23-13(10-25-18)8-9-22-17(24)16-14(20)2-1-3-15(16)21/h1-7,10H,8-9H2,(H,22,24). The van der Waals surface area contributed by atoms with Gasteiger partial charge in [0.15, 0.2) is 0 Å². The number of aromatic nitrogens is 1. The number of nitrogens with zero attached hydrogens (tertiary/aromatic N) is 1. The van der Waals surface area contributed by atoms with E-state index in [2.05, 4.69) is 10.3 Å². The number of benzene rings is 2. The minimum Gasteiger partial charge on any atom is -0.352 e. The summed E-state index contributed by atoms with van der Waals surface area (Å²) in [7, 11) is 0. The van der Waals surface area contributed by atoms with Crippen LogP contribution < -0.4 is 5.32 Å². The molecule has 3 nitrogen and oxygen atoms in total. The number of hydrogen-bond acceptors (Lipinski definition) is 3. The van der Waals surface area contributed by atoms with Gasteiger partial charge in [-0.25, -0.2) is 9.37 Å². The van der Waals surface area contributed by atoms with Gasteiger partial charge in [-0.05, 0) is 24.3 Å². The number of halogens is 3. The zero-order chi connectivity index (χ0) is 17.8. The van der Waals surface area contributed by atoms with Crippen LogP contribution in [0, 0.1) is 5.82 Å². The molecule has 0 aliphatic rings. The average Bonchev–Trinajstić information content (AvgIpc) is 3.04. The maximum atomic E-state index is 13.7. The van der Waals surface area contributed by atoms with E-state index in [1.165, 1.54) is 29.5 Å². The summed E-state index contributed by atoms with van der Waals surface area (Å²) in [5.41, 5.74) is 1.71. The van der Waals surface area contributed by atoms with Crippen LogP contribution in [0.15, 0.2) is 47.8 Å². The third kappa shape index (κ3) is 4.37. The Balaban J connectivity index is 1.59. The van der Waals surface area contributed by atoms with Crippen LogP contribution in [0.25, 0.3) is 10.6 Å². The van der Waals surface area contributed by atoms with E-state index in [0.717, 1.165) is 16.3 Å². The van der Waals surface area contributed by atoms with Gasteiger partial charge in [0.2, 0.25) is 0 Å². The fourth-order valence-corrected chi connectivity index (χ4v) is 3.49. The van der Waals surface area contributed by atoms with Gasteiger partial charge in [-0.1, -0.05) is 41.4 Å². The van der Waals surface area contributed by atoms with Crippen LogP contribution in [0.4, 0.5) is 4.39 Å². The monoisotopic (exact) mass is 394 g/mol. The van der Waals surface area contributed by atoms with Crippen molar-refractivity contribution < 1.29 is 9.18 Å². The topological polar surface area (TPSA) is 42.0 Å². The van der Waals surface area contributed by atoms with Gasteiger partial charge in [-0.15, -0.1) is 11.3 Å². The molecule has 2 aromatic carbocycles. The number of rotatable bonds is 5. The second kappa shape index (κ2) is 7.95. The first-order valence-corrected chi connectivity index (χ1v) is 9.10. The van der Waals surface area contributed by atoms with Crippen molar-refractivity contribution in [1.82, 2.24) is 10.3 Å². The predicted molar refractivity (Wildman–Crippen MR) is 100 cm³/mol. The highest BCUT2D eigenvalue weighted by Crippen LogP contribution is 2.25.